The van der Waals surface area contributed by atoms with Gasteiger partial charge in [0, 0.05) is 30.9 Å². The van der Waals surface area contributed by atoms with Gasteiger partial charge in [-0.1, -0.05) is 12.1 Å². The van der Waals surface area contributed by atoms with Crippen LogP contribution in [0.15, 0.2) is 42.7 Å². The third kappa shape index (κ3) is 4.83. The van der Waals surface area contributed by atoms with Crippen molar-refractivity contribution in [2.24, 2.45) is 5.41 Å². The fourth-order valence-electron chi connectivity index (χ4n) is 3.93. The maximum atomic E-state index is 10.2. The Labute approximate surface area is 150 Å². The van der Waals surface area contributed by atoms with E-state index in [0.29, 0.717) is 0 Å². The molecule has 0 saturated carbocycles. The first kappa shape index (κ1) is 18.0. The average Bonchev–Trinajstić information content (AvgIpc) is 3.16. The van der Waals surface area contributed by atoms with Crippen LogP contribution < -0.4 is 4.74 Å². The lowest BCUT2D eigenvalue weighted by molar-refractivity contribution is 0.0314. The summed E-state index contributed by atoms with van der Waals surface area (Å²) in [5.74, 6) is 0.887. The molecule has 2 heterocycles. The van der Waals surface area contributed by atoms with Gasteiger partial charge in [-0.25, -0.2) is 0 Å². The van der Waals surface area contributed by atoms with Crippen LogP contribution in [0.4, 0.5) is 0 Å². The number of nitrogens with zero attached hydrogens (tertiary/aromatic N) is 3. The van der Waals surface area contributed by atoms with Crippen molar-refractivity contribution in [2.75, 3.05) is 33.4 Å². The third-order valence-electron chi connectivity index (χ3n) is 5.21. The van der Waals surface area contributed by atoms with Gasteiger partial charge in [-0.05, 0) is 62.5 Å². The van der Waals surface area contributed by atoms with Gasteiger partial charge in [0.1, 0.15) is 5.75 Å². The van der Waals surface area contributed by atoms with Crippen LogP contribution in [-0.4, -0.2) is 53.1 Å². The van der Waals surface area contributed by atoms with E-state index in [9.17, 15) is 5.11 Å². The summed E-state index contributed by atoms with van der Waals surface area (Å²) in [6.07, 6.45) is 8.05. The van der Waals surface area contributed by atoms with Crippen molar-refractivity contribution in [3.8, 4) is 5.75 Å². The number of ether oxygens (including phenoxy) is 1. The van der Waals surface area contributed by atoms with Crippen LogP contribution in [0.2, 0.25) is 0 Å². The highest BCUT2D eigenvalue weighted by molar-refractivity contribution is 5.29. The summed E-state index contributed by atoms with van der Waals surface area (Å²) in [7, 11) is 1.70. The molecule has 3 rings (SSSR count). The Morgan fingerprint density at radius 1 is 1.28 bits per heavy atom. The number of aryl methyl sites for hydroxylation is 1. The number of likely N-dealkylation sites (tertiary alicyclic amines) is 1. The molecule has 1 saturated heterocycles. The second-order valence-corrected chi connectivity index (χ2v) is 7.19. The number of aliphatic hydroxyl groups excluding tert-OH is 1. The summed E-state index contributed by atoms with van der Waals surface area (Å²) in [5, 5.41) is 14.4. The highest BCUT2D eigenvalue weighted by Crippen LogP contribution is 2.34. The van der Waals surface area contributed by atoms with Crippen molar-refractivity contribution in [1.29, 1.82) is 0 Å². The summed E-state index contributed by atoms with van der Waals surface area (Å²) < 4.78 is 7.32. The second kappa shape index (κ2) is 8.50. The van der Waals surface area contributed by atoms with E-state index in [1.54, 1.807) is 7.11 Å². The summed E-state index contributed by atoms with van der Waals surface area (Å²) in [4.78, 5) is 2.50. The molecule has 0 amide bonds. The summed E-state index contributed by atoms with van der Waals surface area (Å²) >= 11 is 0. The fraction of sp³-hybridized carbons (Fsp3) is 0.550. The van der Waals surface area contributed by atoms with Gasteiger partial charge in [0.25, 0.3) is 0 Å². The van der Waals surface area contributed by atoms with E-state index in [4.69, 9.17) is 4.74 Å². The van der Waals surface area contributed by atoms with Crippen molar-refractivity contribution in [3.05, 3.63) is 48.3 Å². The molecule has 0 spiro atoms. The molecule has 5 heteroatoms. The van der Waals surface area contributed by atoms with Crippen molar-refractivity contribution in [1.82, 2.24) is 14.7 Å². The van der Waals surface area contributed by atoms with E-state index in [-0.39, 0.29) is 12.0 Å². The molecule has 1 aromatic heterocycles. The molecular weight excluding hydrogens is 314 g/mol. The molecule has 0 bridgehead atoms. The van der Waals surface area contributed by atoms with Crippen LogP contribution in [0.3, 0.4) is 0 Å². The molecule has 25 heavy (non-hydrogen) atoms. The van der Waals surface area contributed by atoms with Gasteiger partial charge >= 0.3 is 0 Å². The van der Waals surface area contributed by atoms with Gasteiger partial charge in [-0.15, -0.1) is 0 Å². The topological polar surface area (TPSA) is 50.5 Å². The summed E-state index contributed by atoms with van der Waals surface area (Å²) in [5.41, 5.74) is 1.20. The van der Waals surface area contributed by atoms with Crippen LogP contribution in [0.25, 0.3) is 0 Å². The van der Waals surface area contributed by atoms with Crippen LogP contribution in [0.5, 0.6) is 5.75 Å². The normalized spacial score (nSPS) is 21.4. The van der Waals surface area contributed by atoms with E-state index in [1.807, 2.05) is 35.3 Å². The monoisotopic (exact) mass is 343 g/mol. The molecule has 1 aliphatic heterocycles. The van der Waals surface area contributed by atoms with Gasteiger partial charge < -0.3 is 14.7 Å². The van der Waals surface area contributed by atoms with Gasteiger partial charge in [0.05, 0.1) is 13.7 Å². The Morgan fingerprint density at radius 3 is 2.96 bits per heavy atom. The minimum absolute atomic E-state index is 0.0453. The predicted molar refractivity (Wildman–Crippen MR) is 98.7 cm³/mol. The molecule has 0 aliphatic carbocycles. The van der Waals surface area contributed by atoms with E-state index >= 15 is 0 Å². The Hall–Kier alpha value is -1.85. The van der Waals surface area contributed by atoms with Crippen molar-refractivity contribution in [3.63, 3.8) is 0 Å². The SMILES string of the molecule is COc1cccc(C[C@@]2(CO)CCCN(CCCn3cccn3)C2)c1. The van der Waals surface area contributed by atoms with Crippen molar-refractivity contribution >= 4 is 0 Å². The number of hydrogen-bond donors (Lipinski definition) is 1. The molecule has 1 N–H and O–H groups in total. The van der Waals surface area contributed by atoms with Crippen LogP contribution in [0, 0.1) is 5.41 Å². The van der Waals surface area contributed by atoms with E-state index in [2.05, 4.69) is 22.1 Å². The quantitative estimate of drug-likeness (QED) is 0.800. The molecule has 0 radical (unpaired) electrons. The minimum Gasteiger partial charge on any atom is -0.497 e. The van der Waals surface area contributed by atoms with Crippen LogP contribution >= 0.6 is 0 Å². The first-order valence-corrected chi connectivity index (χ1v) is 9.17. The number of benzene rings is 1. The zero-order valence-electron chi connectivity index (χ0n) is 15.1. The number of piperidine rings is 1. The van der Waals surface area contributed by atoms with E-state index in [0.717, 1.165) is 57.6 Å². The fourth-order valence-corrected chi connectivity index (χ4v) is 3.93. The maximum Gasteiger partial charge on any atom is 0.119 e. The molecule has 1 aromatic carbocycles. The molecular formula is C20H29N3O2. The van der Waals surface area contributed by atoms with Gasteiger partial charge in [-0.2, -0.15) is 5.10 Å². The molecule has 1 atom stereocenters. The Morgan fingerprint density at radius 2 is 2.20 bits per heavy atom. The van der Waals surface area contributed by atoms with Crippen molar-refractivity contribution in [2.45, 2.75) is 32.2 Å². The Bertz CT molecular complexity index is 644. The number of aliphatic hydroxyl groups is 1. The van der Waals surface area contributed by atoms with E-state index < -0.39 is 0 Å². The number of hydrogen-bond acceptors (Lipinski definition) is 4. The molecule has 5 nitrogen and oxygen atoms in total. The predicted octanol–water partition coefficient (Wildman–Crippen LogP) is 2.60. The highest BCUT2D eigenvalue weighted by atomic mass is 16.5. The smallest absolute Gasteiger partial charge is 0.119 e. The van der Waals surface area contributed by atoms with Crippen LogP contribution in [-0.2, 0) is 13.0 Å². The lowest BCUT2D eigenvalue weighted by Crippen LogP contribution is -2.47. The summed E-state index contributed by atoms with van der Waals surface area (Å²) in [6, 6.07) is 10.2. The van der Waals surface area contributed by atoms with Crippen LogP contribution in [0.1, 0.15) is 24.8 Å². The average molecular weight is 343 g/mol. The van der Waals surface area contributed by atoms with Gasteiger partial charge in [-0.3, -0.25) is 4.68 Å². The van der Waals surface area contributed by atoms with Crippen molar-refractivity contribution < 1.29 is 9.84 Å². The molecule has 136 valence electrons. The second-order valence-electron chi connectivity index (χ2n) is 7.19. The Kier molecular flexibility index (Phi) is 6.10. The first-order chi connectivity index (χ1) is 12.2. The largest absolute Gasteiger partial charge is 0.497 e. The lowest BCUT2D eigenvalue weighted by atomic mass is 9.75. The zero-order chi connectivity index (χ0) is 17.5. The number of aromatic nitrogens is 2. The molecule has 1 fully saturated rings. The molecule has 2 aromatic rings. The number of methoxy groups -OCH3 is 1. The Balaban J connectivity index is 1.58. The first-order valence-electron chi connectivity index (χ1n) is 9.17. The lowest BCUT2D eigenvalue weighted by Gasteiger charge is -2.42. The zero-order valence-corrected chi connectivity index (χ0v) is 15.1. The highest BCUT2D eigenvalue weighted by Gasteiger charge is 2.35. The standard InChI is InChI=1S/C20H29N3O2/c1-25-19-7-2-6-18(14-19)15-20(17-24)8-3-10-22(16-20)11-5-13-23-12-4-9-21-23/h2,4,6-7,9,12,14,24H,3,5,8,10-11,13,15-17H2,1H3/t20-/m0/s1. The van der Waals surface area contributed by atoms with Gasteiger partial charge in [0.15, 0.2) is 0 Å². The van der Waals surface area contributed by atoms with Gasteiger partial charge in [0.2, 0.25) is 0 Å². The maximum absolute atomic E-state index is 10.2. The minimum atomic E-state index is -0.0453. The molecule has 0 unspecified atom stereocenters. The summed E-state index contributed by atoms with van der Waals surface area (Å²) in [6.45, 7) is 4.32. The molecule has 1 aliphatic rings. The number of rotatable bonds is 8. The van der Waals surface area contributed by atoms with E-state index in [1.165, 1.54) is 5.56 Å². The third-order valence-corrected chi connectivity index (χ3v) is 5.21.